The first-order valence-corrected chi connectivity index (χ1v) is 6.45. The Kier molecular flexibility index (Phi) is 4.21. The largest absolute Gasteiger partial charge is 0.355 e. The van der Waals surface area contributed by atoms with Crippen LogP contribution in [0.25, 0.3) is 0 Å². The number of nitrogens with one attached hydrogen (secondary N) is 1. The molecule has 0 bridgehead atoms. The summed E-state index contributed by atoms with van der Waals surface area (Å²) in [6, 6.07) is 8.50. The highest BCUT2D eigenvalue weighted by Crippen LogP contribution is 2.30. The van der Waals surface area contributed by atoms with Crippen LogP contribution in [-0.4, -0.2) is 20.0 Å². The average molecular weight is 290 g/mol. The molecule has 0 aliphatic rings. The van der Waals surface area contributed by atoms with Crippen molar-refractivity contribution in [2.45, 2.75) is 6.92 Å². The molecule has 0 aliphatic carbocycles. The van der Waals surface area contributed by atoms with Gasteiger partial charge in [0.05, 0.1) is 0 Å². The second-order valence-electron chi connectivity index (χ2n) is 4.72. The highest BCUT2D eigenvalue weighted by molar-refractivity contribution is 5.97. The number of hydrogen-bond acceptors (Lipinski definition) is 2. The predicted molar refractivity (Wildman–Crippen MR) is 79.0 cm³/mol. The minimum atomic E-state index is -0.516. The lowest BCUT2D eigenvalue weighted by molar-refractivity contribution is 0.0962. The van der Waals surface area contributed by atoms with E-state index in [0.717, 1.165) is 0 Å². The van der Waals surface area contributed by atoms with E-state index in [0.29, 0.717) is 16.9 Å². The van der Waals surface area contributed by atoms with E-state index >= 15 is 0 Å². The number of benzene rings is 2. The van der Waals surface area contributed by atoms with Crippen LogP contribution in [0.1, 0.15) is 15.9 Å². The van der Waals surface area contributed by atoms with Gasteiger partial charge in [-0.2, -0.15) is 0 Å². The Balaban J connectivity index is 2.53. The first-order chi connectivity index (χ1) is 9.93. The molecule has 1 amide bonds. The van der Waals surface area contributed by atoms with Gasteiger partial charge >= 0.3 is 0 Å². The van der Waals surface area contributed by atoms with Crippen LogP contribution >= 0.6 is 0 Å². The molecule has 0 aromatic heterocycles. The molecule has 2 aromatic carbocycles. The van der Waals surface area contributed by atoms with Crippen LogP contribution in [0.3, 0.4) is 0 Å². The van der Waals surface area contributed by atoms with Crippen LogP contribution < -0.4 is 10.2 Å². The average Bonchev–Trinajstić information content (AvgIpc) is 2.47. The van der Waals surface area contributed by atoms with Crippen molar-refractivity contribution in [1.82, 2.24) is 5.32 Å². The molecule has 0 radical (unpaired) electrons. The lowest BCUT2D eigenvalue weighted by Gasteiger charge is -2.23. The third-order valence-electron chi connectivity index (χ3n) is 3.37. The number of carbonyl (C=O) groups excluding carboxylic acids is 1. The second kappa shape index (κ2) is 5.91. The molecule has 3 nitrogen and oxygen atoms in total. The second-order valence-corrected chi connectivity index (χ2v) is 4.72. The van der Waals surface area contributed by atoms with E-state index in [1.165, 1.54) is 31.3 Å². The standard InChI is InChI=1S/C16H16F2N2O/c1-10-14(16(21)19-2)8-12(18)9-15(10)20(3)13-6-4-5-11(17)7-13/h4-9H,1-3H3,(H,19,21). The number of carbonyl (C=O) groups is 1. The normalized spacial score (nSPS) is 10.3. The summed E-state index contributed by atoms with van der Waals surface area (Å²) in [4.78, 5) is 13.4. The molecule has 0 heterocycles. The van der Waals surface area contributed by atoms with E-state index < -0.39 is 5.82 Å². The van der Waals surface area contributed by atoms with Crippen molar-refractivity contribution in [2.75, 3.05) is 19.0 Å². The van der Waals surface area contributed by atoms with Crippen molar-refractivity contribution < 1.29 is 13.6 Å². The van der Waals surface area contributed by atoms with Gasteiger partial charge in [-0.1, -0.05) is 6.07 Å². The van der Waals surface area contributed by atoms with Gasteiger partial charge < -0.3 is 10.2 Å². The van der Waals surface area contributed by atoms with Crippen LogP contribution in [0.2, 0.25) is 0 Å². The van der Waals surface area contributed by atoms with E-state index in [-0.39, 0.29) is 17.3 Å². The monoisotopic (exact) mass is 290 g/mol. The molecule has 0 saturated heterocycles. The fraction of sp³-hybridized carbons (Fsp3) is 0.188. The van der Waals surface area contributed by atoms with Gasteiger partial charge in [0, 0.05) is 31.0 Å². The van der Waals surface area contributed by atoms with Gasteiger partial charge in [0.1, 0.15) is 11.6 Å². The van der Waals surface area contributed by atoms with Gasteiger partial charge in [0.2, 0.25) is 0 Å². The summed E-state index contributed by atoms with van der Waals surface area (Å²) in [6.45, 7) is 1.73. The Morgan fingerprint density at radius 2 is 1.86 bits per heavy atom. The van der Waals surface area contributed by atoms with E-state index in [9.17, 15) is 13.6 Å². The van der Waals surface area contributed by atoms with Crippen LogP contribution in [-0.2, 0) is 0 Å². The highest BCUT2D eigenvalue weighted by Gasteiger charge is 2.16. The summed E-state index contributed by atoms with van der Waals surface area (Å²) in [5.41, 5.74) is 1.98. The Morgan fingerprint density at radius 3 is 2.48 bits per heavy atom. The van der Waals surface area contributed by atoms with Crippen molar-refractivity contribution in [3.05, 3.63) is 59.2 Å². The maximum absolute atomic E-state index is 13.8. The molecule has 2 rings (SSSR count). The van der Waals surface area contributed by atoms with Crippen molar-refractivity contribution in [2.24, 2.45) is 0 Å². The molecular weight excluding hydrogens is 274 g/mol. The molecule has 110 valence electrons. The van der Waals surface area contributed by atoms with Crippen molar-refractivity contribution >= 4 is 17.3 Å². The number of rotatable bonds is 3. The van der Waals surface area contributed by atoms with Gasteiger partial charge in [0.25, 0.3) is 5.91 Å². The van der Waals surface area contributed by atoms with Gasteiger partial charge in [-0.3, -0.25) is 4.79 Å². The molecule has 0 saturated carbocycles. The molecule has 0 spiro atoms. The molecule has 21 heavy (non-hydrogen) atoms. The van der Waals surface area contributed by atoms with Crippen molar-refractivity contribution in [3.63, 3.8) is 0 Å². The van der Waals surface area contributed by atoms with Gasteiger partial charge in [-0.15, -0.1) is 0 Å². The number of hydrogen-bond donors (Lipinski definition) is 1. The minimum Gasteiger partial charge on any atom is -0.355 e. The number of amides is 1. The number of nitrogens with zero attached hydrogens (tertiary/aromatic N) is 1. The van der Waals surface area contributed by atoms with Crippen LogP contribution in [0.15, 0.2) is 36.4 Å². The fourth-order valence-electron chi connectivity index (χ4n) is 2.21. The first kappa shape index (κ1) is 15.0. The summed E-state index contributed by atoms with van der Waals surface area (Å²) in [5, 5.41) is 2.48. The summed E-state index contributed by atoms with van der Waals surface area (Å²) in [5.74, 6) is -1.25. The maximum Gasteiger partial charge on any atom is 0.251 e. The maximum atomic E-state index is 13.8. The zero-order valence-corrected chi connectivity index (χ0v) is 12.1. The third-order valence-corrected chi connectivity index (χ3v) is 3.37. The van der Waals surface area contributed by atoms with Gasteiger partial charge in [0.15, 0.2) is 0 Å². The molecule has 2 aromatic rings. The van der Waals surface area contributed by atoms with Gasteiger partial charge in [-0.25, -0.2) is 8.78 Å². The van der Waals surface area contributed by atoms with Crippen LogP contribution in [0.4, 0.5) is 20.2 Å². The molecule has 1 N–H and O–H groups in total. The van der Waals surface area contributed by atoms with Crippen molar-refractivity contribution in [1.29, 1.82) is 0 Å². The summed E-state index contributed by atoms with van der Waals surface area (Å²) < 4.78 is 27.1. The molecule has 0 atom stereocenters. The molecular formula is C16H16F2N2O. The van der Waals surface area contributed by atoms with Crippen LogP contribution in [0, 0.1) is 18.6 Å². The van der Waals surface area contributed by atoms with E-state index in [4.69, 9.17) is 0 Å². The quantitative estimate of drug-likeness (QED) is 0.939. The van der Waals surface area contributed by atoms with Gasteiger partial charge in [-0.05, 0) is 42.8 Å². The first-order valence-electron chi connectivity index (χ1n) is 6.45. The fourth-order valence-corrected chi connectivity index (χ4v) is 2.21. The Morgan fingerprint density at radius 1 is 1.14 bits per heavy atom. The lowest BCUT2D eigenvalue weighted by atomic mass is 10.0. The zero-order chi connectivity index (χ0) is 15.6. The van der Waals surface area contributed by atoms with Crippen molar-refractivity contribution in [3.8, 4) is 0 Å². The Hall–Kier alpha value is -2.43. The Bertz CT molecular complexity index is 686. The van der Waals surface area contributed by atoms with Crippen LogP contribution in [0.5, 0.6) is 0 Å². The van der Waals surface area contributed by atoms with E-state index in [1.807, 2.05) is 0 Å². The summed E-state index contributed by atoms with van der Waals surface area (Å²) >= 11 is 0. The minimum absolute atomic E-state index is 0.260. The smallest absolute Gasteiger partial charge is 0.251 e. The summed E-state index contributed by atoms with van der Waals surface area (Å²) in [6.07, 6.45) is 0. The highest BCUT2D eigenvalue weighted by atomic mass is 19.1. The zero-order valence-electron chi connectivity index (χ0n) is 12.1. The predicted octanol–water partition coefficient (Wildman–Crippen LogP) is 3.40. The molecule has 0 aliphatic heterocycles. The lowest BCUT2D eigenvalue weighted by Crippen LogP contribution is -2.21. The Labute approximate surface area is 122 Å². The molecule has 0 unspecified atom stereocenters. The third kappa shape index (κ3) is 3.02. The SMILES string of the molecule is CNC(=O)c1cc(F)cc(N(C)c2cccc(F)c2)c1C. The van der Waals surface area contributed by atoms with E-state index in [1.54, 1.807) is 31.0 Å². The molecule has 0 fully saturated rings. The number of halogens is 2. The van der Waals surface area contributed by atoms with E-state index in [2.05, 4.69) is 5.32 Å². The summed E-state index contributed by atoms with van der Waals surface area (Å²) in [7, 11) is 3.19. The number of anilines is 2. The topological polar surface area (TPSA) is 32.3 Å². The molecule has 5 heteroatoms.